The van der Waals surface area contributed by atoms with Gasteiger partial charge in [0, 0.05) is 36.6 Å². The summed E-state index contributed by atoms with van der Waals surface area (Å²) in [4.78, 5) is 28.6. The lowest BCUT2D eigenvalue weighted by molar-refractivity contribution is -0.141. The number of benzene rings is 2. The van der Waals surface area contributed by atoms with Gasteiger partial charge in [0.25, 0.3) is 0 Å². The van der Waals surface area contributed by atoms with Crippen LogP contribution in [-0.2, 0) is 26.2 Å². The molecule has 0 saturated heterocycles. The Kier molecular flexibility index (Phi) is 11.5. The fourth-order valence-corrected chi connectivity index (χ4v) is 6.20. The summed E-state index contributed by atoms with van der Waals surface area (Å²) in [5.74, 6) is 0.163. The van der Waals surface area contributed by atoms with Crippen LogP contribution in [0, 0.1) is 0 Å². The Morgan fingerprint density at radius 3 is 2.46 bits per heavy atom. The summed E-state index contributed by atoms with van der Waals surface area (Å²) >= 11 is 6.42. The number of ether oxygens (including phenoxy) is 1. The molecular weight excluding hydrogens is 538 g/mol. The molecule has 39 heavy (non-hydrogen) atoms. The minimum atomic E-state index is -3.59. The van der Waals surface area contributed by atoms with E-state index in [0.717, 1.165) is 37.5 Å². The van der Waals surface area contributed by atoms with E-state index in [1.54, 1.807) is 35.2 Å². The predicted molar refractivity (Wildman–Crippen MR) is 156 cm³/mol. The summed E-state index contributed by atoms with van der Waals surface area (Å²) in [7, 11) is -2.08. The SMILES string of the molecule is CC[C@@H](C(=O)NC1CCCCC1)N(Cc1ccccc1Cl)C(=O)CCCN(c1cccc(OC)c1)S(C)(=O)=O. The number of carbonyl (C=O) groups is 2. The molecule has 1 N–H and O–H groups in total. The van der Waals surface area contributed by atoms with E-state index in [2.05, 4.69) is 5.32 Å². The minimum absolute atomic E-state index is 0.0770. The van der Waals surface area contributed by atoms with Crippen LogP contribution in [0.2, 0.25) is 5.02 Å². The molecule has 0 bridgehead atoms. The van der Waals surface area contributed by atoms with Gasteiger partial charge in [0.05, 0.1) is 19.1 Å². The van der Waals surface area contributed by atoms with Gasteiger partial charge in [-0.1, -0.05) is 62.1 Å². The number of hydrogen-bond acceptors (Lipinski definition) is 5. The van der Waals surface area contributed by atoms with Crippen molar-refractivity contribution in [3.63, 3.8) is 0 Å². The van der Waals surface area contributed by atoms with Gasteiger partial charge in [-0.25, -0.2) is 8.42 Å². The summed E-state index contributed by atoms with van der Waals surface area (Å²) in [6.07, 6.45) is 7.22. The number of nitrogens with zero attached hydrogens (tertiary/aromatic N) is 2. The Morgan fingerprint density at radius 2 is 1.82 bits per heavy atom. The third-order valence-corrected chi connectivity index (χ3v) is 8.69. The maximum absolute atomic E-state index is 13.6. The predicted octanol–water partition coefficient (Wildman–Crippen LogP) is 5.15. The third kappa shape index (κ3) is 8.86. The van der Waals surface area contributed by atoms with Gasteiger partial charge in [0.2, 0.25) is 21.8 Å². The van der Waals surface area contributed by atoms with E-state index < -0.39 is 16.1 Å². The van der Waals surface area contributed by atoms with Gasteiger partial charge in [0.1, 0.15) is 11.8 Å². The summed E-state index contributed by atoms with van der Waals surface area (Å²) in [5.41, 5.74) is 1.22. The Balaban J connectivity index is 1.77. The van der Waals surface area contributed by atoms with Gasteiger partial charge in [-0.15, -0.1) is 0 Å². The summed E-state index contributed by atoms with van der Waals surface area (Å²) in [6, 6.07) is 13.6. The number of amides is 2. The Hall–Kier alpha value is -2.78. The number of sulfonamides is 1. The first kappa shape index (κ1) is 30.8. The van der Waals surface area contributed by atoms with Crippen molar-refractivity contribution >= 4 is 39.1 Å². The number of carbonyl (C=O) groups excluding carboxylic acids is 2. The average molecular weight is 578 g/mol. The maximum atomic E-state index is 13.6. The number of hydrogen-bond donors (Lipinski definition) is 1. The highest BCUT2D eigenvalue weighted by Crippen LogP contribution is 2.25. The molecule has 0 aromatic heterocycles. The van der Waals surface area contributed by atoms with Crippen LogP contribution in [-0.4, -0.2) is 57.1 Å². The van der Waals surface area contributed by atoms with E-state index in [1.165, 1.54) is 17.8 Å². The van der Waals surface area contributed by atoms with Crippen molar-refractivity contribution in [1.29, 1.82) is 0 Å². The topological polar surface area (TPSA) is 96.0 Å². The van der Waals surface area contributed by atoms with E-state index in [-0.39, 0.29) is 43.8 Å². The Morgan fingerprint density at radius 1 is 1.10 bits per heavy atom. The van der Waals surface area contributed by atoms with Crippen molar-refractivity contribution in [2.75, 3.05) is 24.2 Å². The molecule has 8 nitrogen and oxygen atoms in total. The number of anilines is 1. The molecule has 1 atom stereocenters. The molecule has 0 unspecified atom stereocenters. The van der Waals surface area contributed by atoms with Gasteiger partial charge in [-0.2, -0.15) is 0 Å². The smallest absolute Gasteiger partial charge is 0.243 e. The normalized spacial score (nSPS) is 14.9. The fraction of sp³-hybridized carbons (Fsp3) is 0.517. The molecular formula is C29H40ClN3O5S. The Labute approximate surface area is 237 Å². The molecule has 0 radical (unpaired) electrons. The molecule has 214 valence electrons. The highest BCUT2D eigenvalue weighted by atomic mass is 35.5. The van der Waals surface area contributed by atoms with Crippen molar-refractivity contribution in [3.05, 3.63) is 59.1 Å². The van der Waals surface area contributed by atoms with Crippen LogP contribution in [0.3, 0.4) is 0 Å². The second-order valence-electron chi connectivity index (χ2n) is 10.0. The second-order valence-corrected chi connectivity index (χ2v) is 12.3. The fourth-order valence-electron chi connectivity index (χ4n) is 5.04. The highest BCUT2D eigenvalue weighted by molar-refractivity contribution is 7.92. The van der Waals surface area contributed by atoms with Crippen LogP contribution < -0.4 is 14.4 Å². The molecule has 0 heterocycles. The molecule has 2 amide bonds. The summed E-state index contributed by atoms with van der Waals surface area (Å²) < 4.78 is 31.7. The zero-order valence-electron chi connectivity index (χ0n) is 23.1. The maximum Gasteiger partial charge on any atom is 0.243 e. The molecule has 1 aliphatic carbocycles. The van der Waals surface area contributed by atoms with Crippen LogP contribution in [0.25, 0.3) is 0 Å². The van der Waals surface area contributed by atoms with Crippen LogP contribution >= 0.6 is 11.6 Å². The number of rotatable bonds is 13. The zero-order chi connectivity index (χ0) is 28.4. The number of halogens is 1. The van der Waals surface area contributed by atoms with E-state index in [1.807, 2.05) is 25.1 Å². The lowest BCUT2D eigenvalue weighted by Crippen LogP contribution is -2.51. The van der Waals surface area contributed by atoms with Gasteiger partial charge in [-0.3, -0.25) is 13.9 Å². The van der Waals surface area contributed by atoms with Crippen molar-refractivity contribution in [1.82, 2.24) is 10.2 Å². The first-order chi connectivity index (χ1) is 18.6. The lowest BCUT2D eigenvalue weighted by atomic mass is 9.95. The van der Waals surface area contributed by atoms with E-state index >= 15 is 0 Å². The average Bonchev–Trinajstić information content (AvgIpc) is 2.91. The van der Waals surface area contributed by atoms with E-state index in [0.29, 0.717) is 22.9 Å². The van der Waals surface area contributed by atoms with Gasteiger partial charge < -0.3 is 15.0 Å². The summed E-state index contributed by atoms with van der Waals surface area (Å²) in [6.45, 7) is 2.20. The molecule has 2 aromatic carbocycles. The first-order valence-electron chi connectivity index (χ1n) is 13.6. The van der Waals surface area contributed by atoms with Gasteiger partial charge in [0.15, 0.2) is 0 Å². The highest BCUT2D eigenvalue weighted by Gasteiger charge is 2.31. The standard InChI is InChI=1S/C29H40ClN3O5S/c1-4-27(29(35)31-23-13-6-5-7-14-23)32(21-22-12-8-9-17-26(22)30)28(34)18-11-19-33(39(3,36)37)24-15-10-16-25(20-24)38-2/h8-10,12,15-17,20,23,27H,4-7,11,13-14,18-19,21H2,1-3H3,(H,31,35)/t27-/m0/s1. The van der Waals surface area contributed by atoms with E-state index in [9.17, 15) is 18.0 Å². The van der Waals surface area contributed by atoms with Crippen LogP contribution in [0.5, 0.6) is 5.75 Å². The molecule has 2 aromatic rings. The van der Waals surface area contributed by atoms with Crippen molar-refractivity contribution < 1.29 is 22.7 Å². The van der Waals surface area contributed by atoms with Crippen LogP contribution in [0.1, 0.15) is 63.9 Å². The zero-order valence-corrected chi connectivity index (χ0v) is 24.6. The number of nitrogens with one attached hydrogen (secondary N) is 1. The Bertz CT molecular complexity index is 1220. The third-order valence-electron chi connectivity index (χ3n) is 7.13. The molecule has 3 rings (SSSR count). The van der Waals surface area contributed by atoms with E-state index in [4.69, 9.17) is 16.3 Å². The largest absolute Gasteiger partial charge is 0.497 e. The second kappa shape index (κ2) is 14.6. The lowest BCUT2D eigenvalue weighted by Gasteiger charge is -2.33. The molecule has 0 aliphatic heterocycles. The van der Waals surface area contributed by atoms with Gasteiger partial charge >= 0.3 is 0 Å². The summed E-state index contributed by atoms with van der Waals surface area (Å²) in [5, 5.41) is 3.69. The van der Waals surface area contributed by atoms with Crippen LogP contribution in [0.15, 0.2) is 48.5 Å². The quantitative estimate of drug-likeness (QED) is 0.355. The van der Waals surface area contributed by atoms with Gasteiger partial charge in [-0.05, 0) is 49.4 Å². The minimum Gasteiger partial charge on any atom is -0.497 e. The number of methoxy groups -OCH3 is 1. The monoisotopic (exact) mass is 577 g/mol. The molecule has 1 saturated carbocycles. The molecule has 1 fully saturated rings. The molecule has 0 spiro atoms. The molecule has 1 aliphatic rings. The van der Waals surface area contributed by atoms with Crippen LogP contribution in [0.4, 0.5) is 5.69 Å². The molecule has 10 heteroatoms. The first-order valence-corrected chi connectivity index (χ1v) is 15.8. The van der Waals surface area contributed by atoms with Crippen molar-refractivity contribution in [2.24, 2.45) is 0 Å². The van der Waals surface area contributed by atoms with Crippen molar-refractivity contribution in [2.45, 2.75) is 76.9 Å². The van der Waals surface area contributed by atoms with Crippen molar-refractivity contribution in [3.8, 4) is 5.75 Å².